The van der Waals surface area contributed by atoms with Crippen LogP contribution >= 0.6 is 0 Å². The van der Waals surface area contributed by atoms with Gasteiger partial charge in [0.2, 0.25) is 0 Å². The number of ether oxygens (including phenoxy) is 2. The second-order valence-corrected chi connectivity index (χ2v) is 17.2. The average molecular weight is 863 g/mol. The van der Waals surface area contributed by atoms with Crippen molar-refractivity contribution in [2.75, 3.05) is 13.2 Å². The summed E-state index contributed by atoms with van der Waals surface area (Å²) < 4.78 is 10.6. The SMILES string of the molecule is CC/C=C\C/C=C\C/C=C\C/C=C\C/C=C\C/C=C\C/C=C\CCCCCCCCCCCCCCCCCC(=O)OC(CO)COC(=O)CCCCCCCCCCCCC. The minimum Gasteiger partial charge on any atom is -0.462 e. The maximum atomic E-state index is 12.2. The highest BCUT2D eigenvalue weighted by Gasteiger charge is 2.16. The smallest absolute Gasteiger partial charge is 0.306 e. The maximum Gasteiger partial charge on any atom is 0.306 e. The van der Waals surface area contributed by atoms with Crippen molar-refractivity contribution < 1.29 is 24.2 Å². The molecule has 62 heavy (non-hydrogen) atoms. The van der Waals surface area contributed by atoms with Crippen LogP contribution in [0.2, 0.25) is 0 Å². The number of unbranched alkanes of at least 4 members (excludes halogenated alkanes) is 25. The van der Waals surface area contributed by atoms with Crippen LogP contribution in [0.25, 0.3) is 0 Å². The Hall–Kier alpha value is -2.92. The molecule has 0 rings (SSSR count). The highest BCUT2D eigenvalue weighted by Crippen LogP contribution is 2.16. The minimum absolute atomic E-state index is 0.0646. The molecule has 0 amide bonds. The van der Waals surface area contributed by atoms with E-state index < -0.39 is 6.10 Å². The summed E-state index contributed by atoms with van der Waals surface area (Å²) in [5.74, 6) is -0.587. The molecule has 0 spiro atoms. The van der Waals surface area contributed by atoms with E-state index in [-0.39, 0.29) is 25.2 Å². The number of carbonyl (C=O) groups is 2. The van der Waals surface area contributed by atoms with Gasteiger partial charge < -0.3 is 14.6 Å². The van der Waals surface area contributed by atoms with E-state index in [1.54, 1.807) is 0 Å². The first-order valence-corrected chi connectivity index (χ1v) is 26.1. The number of aliphatic hydroxyl groups is 1. The quantitative estimate of drug-likeness (QED) is 0.0375. The highest BCUT2D eigenvalue weighted by atomic mass is 16.6. The molecule has 0 saturated heterocycles. The van der Waals surface area contributed by atoms with Crippen LogP contribution in [0.5, 0.6) is 0 Å². The second kappa shape index (κ2) is 52.4. The number of carbonyl (C=O) groups excluding carboxylic acids is 2. The number of rotatable bonds is 47. The number of aliphatic hydroxyl groups excluding tert-OH is 1. The lowest BCUT2D eigenvalue weighted by Gasteiger charge is -2.15. The van der Waals surface area contributed by atoms with Crippen molar-refractivity contribution in [3.8, 4) is 0 Å². The van der Waals surface area contributed by atoms with Crippen LogP contribution in [-0.4, -0.2) is 36.4 Å². The van der Waals surface area contributed by atoms with Crippen molar-refractivity contribution in [1.29, 1.82) is 0 Å². The molecule has 356 valence electrons. The first-order chi connectivity index (χ1) is 30.6. The fourth-order valence-electron chi connectivity index (χ4n) is 7.30. The summed E-state index contributed by atoms with van der Waals surface area (Å²) in [4.78, 5) is 24.3. The first-order valence-electron chi connectivity index (χ1n) is 26.1. The fourth-order valence-corrected chi connectivity index (χ4v) is 7.30. The Labute approximate surface area is 384 Å². The molecule has 0 bridgehead atoms. The Morgan fingerprint density at radius 2 is 0.694 bits per heavy atom. The predicted octanol–water partition coefficient (Wildman–Crippen LogP) is 17.4. The van der Waals surface area contributed by atoms with Gasteiger partial charge in [0, 0.05) is 12.8 Å². The van der Waals surface area contributed by atoms with Crippen molar-refractivity contribution >= 4 is 11.9 Å². The fraction of sp³-hybridized carbons (Fsp3) is 0.719. The zero-order chi connectivity index (χ0) is 44.9. The summed E-state index contributed by atoms with van der Waals surface area (Å²) in [6, 6.07) is 0. The molecule has 0 aliphatic heterocycles. The van der Waals surface area contributed by atoms with Crippen LogP contribution in [0.15, 0.2) is 85.1 Å². The van der Waals surface area contributed by atoms with E-state index in [2.05, 4.69) is 98.9 Å². The summed E-state index contributed by atoms with van der Waals surface area (Å²) in [7, 11) is 0. The molecule has 0 aromatic carbocycles. The van der Waals surface area contributed by atoms with Crippen LogP contribution in [0, 0.1) is 0 Å². The van der Waals surface area contributed by atoms with E-state index in [1.165, 1.54) is 135 Å². The third kappa shape index (κ3) is 49.7. The monoisotopic (exact) mass is 863 g/mol. The normalized spacial score (nSPS) is 12.9. The first kappa shape index (κ1) is 59.1. The van der Waals surface area contributed by atoms with Gasteiger partial charge >= 0.3 is 11.9 Å². The van der Waals surface area contributed by atoms with Crippen molar-refractivity contribution in [2.24, 2.45) is 0 Å². The Balaban J connectivity index is 3.48. The lowest BCUT2D eigenvalue weighted by atomic mass is 10.0. The number of hydrogen-bond donors (Lipinski definition) is 1. The van der Waals surface area contributed by atoms with E-state index in [9.17, 15) is 14.7 Å². The van der Waals surface area contributed by atoms with Gasteiger partial charge in [0.15, 0.2) is 6.10 Å². The molecule has 0 heterocycles. The van der Waals surface area contributed by atoms with Crippen molar-refractivity contribution in [3.05, 3.63) is 85.1 Å². The number of esters is 2. The summed E-state index contributed by atoms with van der Waals surface area (Å²) in [6.45, 7) is 4.02. The standard InChI is InChI=1S/C57H98O5/c1-3-5-7-9-11-13-15-16-17-18-19-20-21-22-23-24-25-26-27-28-29-30-31-32-33-34-35-36-37-38-39-40-42-44-46-48-50-52-57(60)62-55(53-58)54-61-56(59)51-49-47-45-43-41-14-12-10-8-6-4-2/h5,7,11,13,16-17,19-20,22-23,25-26,28-29,55,58H,3-4,6,8-10,12,14-15,18,21,24,27,30-54H2,1-2H3/b7-5-,13-11-,17-16-,20-19-,23-22-,26-25-,29-28-. The molecule has 0 aliphatic rings. The lowest BCUT2D eigenvalue weighted by Crippen LogP contribution is -2.28. The Bertz CT molecular complexity index is 1160. The Morgan fingerprint density at radius 1 is 0.387 bits per heavy atom. The molecule has 0 aliphatic carbocycles. The predicted molar refractivity (Wildman–Crippen MR) is 269 cm³/mol. The summed E-state index contributed by atoms with van der Waals surface area (Å²) >= 11 is 0. The van der Waals surface area contributed by atoms with Crippen molar-refractivity contribution in [2.45, 2.75) is 251 Å². The molecule has 1 atom stereocenters. The van der Waals surface area contributed by atoms with E-state index in [0.29, 0.717) is 12.8 Å². The van der Waals surface area contributed by atoms with Gasteiger partial charge in [0.1, 0.15) is 6.61 Å². The van der Waals surface area contributed by atoms with E-state index >= 15 is 0 Å². The van der Waals surface area contributed by atoms with Crippen LogP contribution in [0.4, 0.5) is 0 Å². The zero-order valence-electron chi connectivity index (χ0n) is 40.6. The molecule has 5 heteroatoms. The van der Waals surface area contributed by atoms with Gasteiger partial charge in [-0.25, -0.2) is 0 Å². The highest BCUT2D eigenvalue weighted by molar-refractivity contribution is 5.70. The topological polar surface area (TPSA) is 72.8 Å². The largest absolute Gasteiger partial charge is 0.462 e. The molecule has 0 fully saturated rings. The van der Waals surface area contributed by atoms with Crippen LogP contribution < -0.4 is 0 Å². The third-order valence-electron chi connectivity index (χ3n) is 11.2. The van der Waals surface area contributed by atoms with E-state index in [0.717, 1.165) is 83.5 Å². The number of allylic oxidation sites excluding steroid dienone is 14. The molecule has 1 N–H and O–H groups in total. The molecule has 0 aromatic rings. The van der Waals surface area contributed by atoms with E-state index in [4.69, 9.17) is 9.47 Å². The van der Waals surface area contributed by atoms with Gasteiger partial charge in [0.25, 0.3) is 0 Å². The average Bonchev–Trinajstić information content (AvgIpc) is 3.28. The van der Waals surface area contributed by atoms with Gasteiger partial charge in [-0.1, -0.05) is 247 Å². The Morgan fingerprint density at radius 3 is 1.05 bits per heavy atom. The summed E-state index contributed by atoms with van der Waals surface area (Å²) in [6.07, 6.45) is 72.7. The van der Waals surface area contributed by atoms with Crippen LogP contribution in [0.3, 0.4) is 0 Å². The van der Waals surface area contributed by atoms with Crippen LogP contribution in [0.1, 0.15) is 245 Å². The molecule has 0 saturated carbocycles. The van der Waals surface area contributed by atoms with Gasteiger partial charge in [-0.05, 0) is 70.6 Å². The van der Waals surface area contributed by atoms with E-state index in [1.807, 2.05) is 0 Å². The van der Waals surface area contributed by atoms with Gasteiger partial charge in [0.05, 0.1) is 6.61 Å². The Kier molecular flexibility index (Phi) is 50.0. The molecule has 1 unspecified atom stereocenters. The van der Waals surface area contributed by atoms with Gasteiger partial charge in [-0.15, -0.1) is 0 Å². The zero-order valence-corrected chi connectivity index (χ0v) is 40.6. The number of hydrogen-bond acceptors (Lipinski definition) is 5. The maximum absolute atomic E-state index is 12.2. The molecular formula is C57H98O5. The lowest BCUT2D eigenvalue weighted by molar-refractivity contribution is -0.161. The summed E-state index contributed by atoms with van der Waals surface area (Å²) in [5.41, 5.74) is 0. The molecule has 5 nitrogen and oxygen atoms in total. The molecule has 0 aromatic heterocycles. The van der Waals surface area contributed by atoms with Crippen molar-refractivity contribution in [3.63, 3.8) is 0 Å². The second-order valence-electron chi connectivity index (χ2n) is 17.2. The van der Waals surface area contributed by atoms with Crippen LogP contribution in [-0.2, 0) is 19.1 Å². The third-order valence-corrected chi connectivity index (χ3v) is 11.2. The van der Waals surface area contributed by atoms with Gasteiger partial charge in [-0.3, -0.25) is 9.59 Å². The van der Waals surface area contributed by atoms with Crippen molar-refractivity contribution in [1.82, 2.24) is 0 Å². The molecular weight excluding hydrogens is 765 g/mol. The molecule has 0 radical (unpaired) electrons. The minimum atomic E-state index is -0.771. The van der Waals surface area contributed by atoms with Gasteiger partial charge in [-0.2, -0.15) is 0 Å². The summed E-state index contributed by atoms with van der Waals surface area (Å²) in [5, 5.41) is 9.59.